The van der Waals surface area contributed by atoms with Crippen LogP contribution in [0.5, 0.6) is 0 Å². The zero-order valence-corrected chi connectivity index (χ0v) is 41.6. The molecule has 0 unspecified atom stereocenters. The third kappa shape index (κ3) is 14.0. The standard InChI is InChI=1S/C41H31N13O8S3.2Na/c1-6-53(7-2)40-49-36(43-29-16-10-26(5)11-17-29)47-38(51-40)45-31-18-14-27(34(24-31)64(57,58)59)12-13-28-15-19-32(25-35(28)65(60,61)62)46-39-48-37(50-41(52-39)54(8-3)9-4)44-30-20-22-33(23-21-30)63(42,55)56;;/h1-4,10-25H,5H3,(H2,42,55,56)(H,57,58,59)(H,60,61,62)(H2,43,45,47,49,51)(H2,44,46,48,50,52);;/q;2*+1/p-2. The third-order valence-corrected chi connectivity index (χ3v) is 11.1. The van der Waals surface area contributed by atoms with Crippen LogP contribution >= 0.6 is 0 Å². The zero-order chi connectivity index (χ0) is 47.1. The number of aromatic nitrogens is 6. The van der Waals surface area contributed by atoms with Crippen molar-refractivity contribution in [3.63, 3.8) is 0 Å². The number of nitrogens with one attached hydrogen (secondary N) is 4. The van der Waals surface area contributed by atoms with Crippen LogP contribution in [-0.2, 0) is 30.3 Å². The molecule has 6 N–H and O–H groups in total. The summed E-state index contributed by atoms with van der Waals surface area (Å²) in [5.41, 5.74) is 1.51. The molecule has 0 aliphatic rings. The maximum atomic E-state index is 12.6. The van der Waals surface area contributed by atoms with Crippen LogP contribution in [0.15, 0.2) is 99.6 Å². The van der Waals surface area contributed by atoms with Crippen molar-refractivity contribution in [2.24, 2.45) is 5.14 Å². The predicted octanol–water partition coefficient (Wildman–Crippen LogP) is -2.05. The van der Waals surface area contributed by atoms with E-state index in [4.69, 9.17) is 30.8 Å². The first-order valence-electron chi connectivity index (χ1n) is 17.9. The number of nitrogens with zero attached hydrogens (tertiary/aromatic N) is 8. The fourth-order valence-corrected chi connectivity index (χ4v) is 7.36. The number of rotatable bonds is 15. The largest absolute Gasteiger partial charge is 1.00 e. The Labute approximate surface area is 429 Å². The molecule has 0 bridgehead atoms. The molecule has 0 aliphatic heterocycles. The molecular formula is C41H29N13Na2O8S3. The van der Waals surface area contributed by atoms with E-state index in [9.17, 15) is 34.4 Å². The third-order valence-electron chi connectivity index (χ3n) is 8.43. The Balaban J connectivity index is 0.00000490. The van der Waals surface area contributed by atoms with Gasteiger partial charge in [0.2, 0.25) is 33.8 Å². The number of benzene rings is 4. The summed E-state index contributed by atoms with van der Waals surface area (Å²) in [5, 5.41) is 16.6. The summed E-state index contributed by atoms with van der Waals surface area (Å²) in [7, 11) is -14.4. The summed E-state index contributed by atoms with van der Waals surface area (Å²) in [4.78, 5) is 25.5. The van der Waals surface area contributed by atoms with Crippen LogP contribution in [-0.4, -0.2) is 64.3 Å². The molecule has 67 heavy (non-hydrogen) atoms. The average molecular weight is 974 g/mol. The number of anilines is 10. The predicted molar refractivity (Wildman–Crippen MR) is 240 cm³/mol. The number of primary sulfonamides is 1. The van der Waals surface area contributed by atoms with Gasteiger partial charge in [0, 0.05) is 46.9 Å². The molecule has 0 fully saturated rings. The van der Waals surface area contributed by atoms with Crippen LogP contribution < -0.4 is 95.3 Å². The molecular weight excluding hydrogens is 945 g/mol. The fourth-order valence-electron chi connectivity index (χ4n) is 5.45. The molecule has 0 atom stereocenters. The van der Waals surface area contributed by atoms with Gasteiger partial charge in [-0.05, 0) is 78.7 Å². The Morgan fingerprint density at radius 1 is 0.522 bits per heavy atom. The minimum absolute atomic E-state index is 0. The molecule has 0 radical (unpaired) electrons. The summed E-state index contributed by atoms with van der Waals surface area (Å²) in [6.45, 7) is 1.91. The van der Waals surface area contributed by atoms with Gasteiger partial charge in [-0.2, -0.15) is 39.7 Å². The van der Waals surface area contributed by atoms with Crippen LogP contribution in [0.1, 0.15) is 16.7 Å². The summed E-state index contributed by atoms with van der Waals surface area (Å²) in [6, 6.07) is 28.4. The Bertz CT molecular complexity index is 3370. The summed E-state index contributed by atoms with van der Waals surface area (Å²) < 4.78 is 98.7. The number of terminal acetylenes is 4. The van der Waals surface area contributed by atoms with Gasteiger partial charge in [0.25, 0.3) is 11.9 Å². The number of hydrogen-bond donors (Lipinski definition) is 5. The molecule has 0 aliphatic carbocycles. The molecule has 0 saturated carbocycles. The molecule has 2 heterocycles. The fraction of sp³-hybridized carbons (Fsp3) is 0.0244. The zero-order valence-electron chi connectivity index (χ0n) is 35.2. The maximum absolute atomic E-state index is 12.6. The van der Waals surface area contributed by atoms with Gasteiger partial charge in [-0.25, -0.2) is 30.4 Å². The van der Waals surface area contributed by atoms with Crippen LogP contribution in [0.3, 0.4) is 0 Å². The molecule has 6 rings (SSSR count). The summed E-state index contributed by atoms with van der Waals surface area (Å²) in [5.74, 6) is -0.937. The topological polar surface area (TPSA) is 306 Å². The van der Waals surface area contributed by atoms with Gasteiger partial charge in [0.05, 0.1) is 14.7 Å². The van der Waals surface area contributed by atoms with Crippen molar-refractivity contribution in [3.8, 4) is 49.9 Å². The van der Waals surface area contributed by atoms with E-state index in [1.54, 1.807) is 12.1 Å². The van der Waals surface area contributed by atoms with Crippen LogP contribution in [0, 0.1) is 56.8 Å². The van der Waals surface area contributed by atoms with Crippen molar-refractivity contribution in [1.29, 1.82) is 0 Å². The number of nitrogens with two attached hydrogens (primary N) is 1. The second-order valence-electron chi connectivity index (χ2n) is 12.9. The number of hydrogen-bond acceptors (Lipinski definition) is 20. The quantitative estimate of drug-likeness (QED) is 0.0243. The van der Waals surface area contributed by atoms with Crippen molar-refractivity contribution in [3.05, 3.63) is 102 Å². The monoisotopic (exact) mass is 973 g/mol. The Morgan fingerprint density at radius 2 is 0.836 bits per heavy atom. The SMILES string of the molecule is C#CN(C#C)c1nc(Nc2ccc(C)cc2)nc(Nc2ccc(C=Cc3ccc(Nc4nc(Nc5ccc(S(N)(=O)=O)cc5)nc(N(C#C)C#C)n4)cc3S(=O)(=O)[O-])c(S(=O)(=O)[O-])c2)n1.[Na+].[Na+]. The first-order chi connectivity index (χ1) is 30.8. The summed E-state index contributed by atoms with van der Waals surface area (Å²) >= 11 is 0. The van der Waals surface area contributed by atoms with Gasteiger partial charge in [-0.1, -0.05) is 67.7 Å². The van der Waals surface area contributed by atoms with Gasteiger partial charge >= 0.3 is 59.1 Å². The Morgan fingerprint density at radius 3 is 1.15 bits per heavy atom. The van der Waals surface area contributed by atoms with E-state index in [2.05, 4.69) is 75.3 Å². The first-order valence-corrected chi connectivity index (χ1v) is 22.3. The van der Waals surface area contributed by atoms with Crippen molar-refractivity contribution in [2.75, 3.05) is 31.1 Å². The van der Waals surface area contributed by atoms with Crippen molar-refractivity contribution in [1.82, 2.24) is 29.9 Å². The van der Waals surface area contributed by atoms with E-state index in [-0.39, 0.29) is 122 Å². The van der Waals surface area contributed by atoms with E-state index in [1.165, 1.54) is 48.5 Å². The van der Waals surface area contributed by atoms with Gasteiger partial charge in [-0.3, -0.25) is 0 Å². The molecule has 0 spiro atoms. The number of sulfonamides is 1. The smallest absolute Gasteiger partial charge is 0.744 e. The van der Waals surface area contributed by atoms with E-state index in [1.807, 2.05) is 19.1 Å². The van der Waals surface area contributed by atoms with E-state index in [0.29, 0.717) is 11.4 Å². The first kappa shape index (κ1) is 53.0. The van der Waals surface area contributed by atoms with Crippen molar-refractivity contribution < 1.29 is 93.5 Å². The summed E-state index contributed by atoms with van der Waals surface area (Å²) in [6.07, 6.45) is 24.3. The minimum atomic E-state index is -5.23. The molecule has 21 nitrogen and oxygen atoms in total. The van der Waals surface area contributed by atoms with E-state index < -0.39 is 40.1 Å². The van der Waals surface area contributed by atoms with Crippen LogP contribution in [0.25, 0.3) is 12.2 Å². The van der Waals surface area contributed by atoms with Gasteiger partial charge in [0.15, 0.2) is 0 Å². The van der Waals surface area contributed by atoms with Gasteiger partial charge in [-0.15, -0.1) is 0 Å². The second kappa shape index (κ2) is 22.3. The normalized spacial score (nSPS) is 11.0. The molecule has 26 heteroatoms. The maximum Gasteiger partial charge on any atom is 1.00 e. The van der Waals surface area contributed by atoms with Crippen molar-refractivity contribution >= 4 is 101 Å². The van der Waals surface area contributed by atoms with E-state index in [0.717, 1.165) is 39.6 Å². The van der Waals surface area contributed by atoms with Crippen LogP contribution in [0.2, 0.25) is 0 Å². The molecule has 0 amide bonds. The van der Waals surface area contributed by atoms with Crippen molar-refractivity contribution in [2.45, 2.75) is 21.6 Å². The molecule has 4 aromatic carbocycles. The molecule has 6 aromatic rings. The van der Waals surface area contributed by atoms with Gasteiger partial charge in [0.1, 0.15) is 20.2 Å². The average Bonchev–Trinajstić information content (AvgIpc) is 3.24. The molecule has 326 valence electrons. The Hall–Kier alpha value is -6.59. The molecule has 2 aromatic heterocycles. The minimum Gasteiger partial charge on any atom is -0.744 e. The second-order valence-corrected chi connectivity index (χ2v) is 17.2. The number of aryl methyl sites for hydroxylation is 1. The Kier molecular flexibility index (Phi) is 17.6. The molecule has 0 saturated heterocycles. The van der Waals surface area contributed by atoms with Gasteiger partial charge < -0.3 is 30.4 Å². The van der Waals surface area contributed by atoms with E-state index >= 15 is 0 Å². The van der Waals surface area contributed by atoms with Crippen LogP contribution in [0.4, 0.5) is 58.4 Å².